The third-order valence-electron chi connectivity index (χ3n) is 1.59. The van der Waals surface area contributed by atoms with Crippen LogP contribution >= 0.6 is 0 Å². The number of carboxylic acid groups (broad SMARTS) is 1. The molecule has 0 saturated carbocycles. The van der Waals surface area contributed by atoms with Gasteiger partial charge in [0.05, 0.1) is 5.97 Å². The highest BCUT2D eigenvalue weighted by Crippen LogP contribution is 1.94. The van der Waals surface area contributed by atoms with Crippen molar-refractivity contribution in [3.8, 4) is 0 Å². The Labute approximate surface area is 86.5 Å². The first-order valence-electron chi connectivity index (χ1n) is 4.24. The molecule has 1 aromatic heterocycles. The molecular weight excluding hydrogens is 196 g/mol. The fourth-order valence-electron chi connectivity index (χ4n) is 0.892. The molecule has 0 fully saturated rings. The fraction of sp³-hybridized carbons (Fsp3) is 0.100. The first kappa shape index (κ1) is 10.9. The highest BCUT2D eigenvalue weighted by Gasteiger charge is 1.95. The van der Waals surface area contributed by atoms with Gasteiger partial charge >= 0.3 is 0 Å². The Hall–Kier alpha value is -2.17. The van der Waals surface area contributed by atoms with Crippen LogP contribution in [0.1, 0.15) is 5.56 Å². The zero-order valence-electron chi connectivity index (χ0n) is 7.84. The molecule has 0 aliphatic heterocycles. The molecule has 1 rings (SSSR count). The van der Waals surface area contributed by atoms with Crippen molar-refractivity contribution in [1.29, 1.82) is 0 Å². The number of carboxylic acids is 1. The Morgan fingerprint density at radius 2 is 2.00 bits per heavy atom. The van der Waals surface area contributed by atoms with Crippen LogP contribution in [0.3, 0.4) is 0 Å². The highest BCUT2D eigenvalue weighted by molar-refractivity contribution is 5.93. The first-order valence-corrected chi connectivity index (χ1v) is 4.24. The van der Waals surface area contributed by atoms with Gasteiger partial charge in [-0.05, 0) is 23.8 Å². The van der Waals surface area contributed by atoms with E-state index in [1.165, 1.54) is 0 Å². The molecule has 0 radical (unpaired) electrons. The molecule has 1 N–H and O–H groups in total. The van der Waals surface area contributed by atoms with Gasteiger partial charge in [0.1, 0.15) is 0 Å². The lowest BCUT2D eigenvalue weighted by atomic mass is 10.3. The van der Waals surface area contributed by atoms with Crippen molar-refractivity contribution in [2.45, 2.75) is 6.54 Å². The normalized spacial score (nSPS) is 10.1. The van der Waals surface area contributed by atoms with Gasteiger partial charge in [-0.3, -0.25) is 9.78 Å². The number of pyridine rings is 1. The SMILES string of the molecule is O=C([O-])/C=C/C(=O)NCc1ccncc1. The molecule has 0 aromatic carbocycles. The number of nitrogens with one attached hydrogen (secondary N) is 1. The van der Waals surface area contributed by atoms with Crippen molar-refractivity contribution in [2.75, 3.05) is 0 Å². The summed E-state index contributed by atoms with van der Waals surface area (Å²) in [5.41, 5.74) is 0.889. The van der Waals surface area contributed by atoms with Gasteiger partial charge in [-0.25, -0.2) is 0 Å². The lowest BCUT2D eigenvalue weighted by Gasteiger charge is -2.01. The molecule has 5 heteroatoms. The molecule has 0 aliphatic carbocycles. The summed E-state index contributed by atoms with van der Waals surface area (Å²) in [6.07, 6.45) is 4.81. The fourth-order valence-corrected chi connectivity index (χ4v) is 0.892. The van der Waals surface area contributed by atoms with E-state index in [1.54, 1.807) is 24.5 Å². The summed E-state index contributed by atoms with van der Waals surface area (Å²) in [6.45, 7) is 0.332. The zero-order valence-corrected chi connectivity index (χ0v) is 7.84. The molecule has 78 valence electrons. The van der Waals surface area contributed by atoms with Gasteiger partial charge in [-0.1, -0.05) is 0 Å². The number of nitrogens with zero attached hydrogens (tertiary/aromatic N) is 1. The van der Waals surface area contributed by atoms with Crippen molar-refractivity contribution in [3.63, 3.8) is 0 Å². The van der Waals surface area contributed by atoms with Crippen LogP contribution in [0, 0.1) is 0 Å². The molecule has 0 saturated heterocycles. The Balaban J connectivity index is 2.38. The first-order chi connectivity index (χ1) is 7.18. The van der Waals surface area contributed by atoms with Crippen molar-refractivity contribution >= 4 is 11.9 Å². The van der Waals surface area contributed by atoms with Crippen LogP contribution < -0.4 is 10.4 Å². The van der Waals surface area contributed by atoms with Crippen LogP contribution in [0.4, 0.5) is 0 Å². The summed E-state index contributed by atoms with van der Waals surface area (Å²) in [5, 5.41) is 12.5. The van der Waals surface area contributed by atoms with Crippen molar-refractivity contribution in [2.24, 2.45) is 0 Å². The third-order valence-corrected chi connectivity index (χ3v) is 1.59. The lowest BCUT2D eigenvalue weighted by Crippen LogP contribution is -2.23. The van der Waals surface area contributed by atoms with Crippen molar-refractivity contribution < 1.29 is 14.7 Å². The Bertz CT molecular complexity index is 374. The molecular formula is C10H9N2O3-. The third kappa shape index (κ3) is 4.56. The van der Waals surface area contributed by atoms with E-state index in [1.807, 2.05) is 0 Å². The second-order valence-electron chi connectivity index (χ2n) is 2.73. The van der Waals surface area contributed by atoms with E-state index in [-0.39, 0.29) is 0 Å². The Morgan fingerprint density at radius 1 is 1.33 bits per heavy atom. The average Bonchev–Trinajstić information content (AvgIpc) is 2.25. The Kier molecular flexibility index (Phi) is 4.03. The van der Waals surface area contributed by atoms with Gasteiger partial charge in [0.2, 0.25) is 5.91 Å². The minimum Gasteiger partial charge on any atom is -0.545 e. The number of carbonyl (C=O) groups excluding carboxylic acids is 2. The second kappa shape index (κ2) is 5.54. The molecule has 15 heavy (non-hydrogen) atoms. The predicted molar refractivity (Wildman–Crippen MR) is 50.2 cm³/mol. The highest BCUT2D eigenvalue weighted by atomic mass is 16.4. The maximum Gasteiger partial charge on any atom is 0.244 e. The molecule has 0 spiro atoms. The molecule has 5 nitrogen and oxygen atoms in total. The zero-order chi connectivity index (χ0) is 11.1. The van der Waals surface area contributed by atoms with Gasteiger partial charge in [0, 0.05) is 25.0 Å². The van der Waals surface area contributed by atoms with Gasteiger partial charge in [-0.2, -0.15) is 0 Å². The summed E-state index contributed by atoms with van der Waals surface area (Å²) < 4.78 is 0. The monoisotopic (exact) mass is 205 g/mol. The van der Waals surface area contributed by atoms with E-state index in [4.69, 9.17) is 0 Å². The van der Waals surface area contributed by atoms with Crippen LogP contribution in [-0.2, 0) is 16.1 Å². The van der Waals surface area contributed by atoms with Gasteiger partial charge in [-0.15, -0.1) is 0 Å². The van der Waals surface area contributed by atoms with Crippen molar-refractivity contribution in [1.82, 2.24) is 10.3 Å². The molecule has 0 atom stereocenters. The number of aromatic nitrogens is 1. The van der Waals surface area contributed by atoms with E-state index in [2.05, 4.69) is 10.3 Å². The van der Waals surface area contributed by atoms with Gasteiger partial charge in [0.15, 0.2) is 0 Å². The average molecular weight is 205 g/mol. The summed E-state index contributed by atoms with van der Waals surface area (Å²) in [5.74, 6) is -1.87. The predicted octanol–water partition coefficient (Wildman–Crippen LogP) is -0.996. The summed E-state index contributed by atoms with van der Waals surface area (Å²) >= 11 is 0. The number of hydrogen-bond acceptors (Lipinski definition) is 4. The second-order valence-corrected chi connectivity index (χ2v) is 2.73. The maximum absolute atomic E-state index is 11.0. The van der Waals surface area contributed by atoms with Crippen molar-refractivity contribution in [3.05, 3.63) is 42.2 Å². The van der Waals surface area contributed by atoms with Gasteiger partial charge < -0.3 is 15.2 Å². The minimum absolute atomic E-state index is 0.332. The standard InChI is InChI=1S/C10H10N2O3/c13-9(1-2-10(14)15)12-7-8-3-5-11-6-4-8/h1-6H,7H2,(H,12,13)(H,14,15)/p-1/b2-1+. The van der Waals surface area contributed by atoms with E-state index < -0.39 is 11.9 Å². The van der Waals surface area contributed by atoms with Crippen LogP contribution in [0.15, 0.2) is 36.7 Å². The van der Waals surface area contributed by atoms with E-state index in [0.29, 0.717) is 12.6 Å². The topological polar surface area (TPSA) is 82.1 Å². The number of hydrogen-bond donors (Lipinski definition) is 1. The smallest absolute Gasteiger partial charge is 0.244 e. The molecule has 0 bridgehead atoms. The number of carbonyl (C=O) groups is 2. The summed E-state index contributed by atoms with van der Waals surface area (Å²) in [4.78, 5) is 24.8. The maximum atomic E-state index is 11.0. The van der Waals surface area contributed by atoms with Crippen LogP contribution in [0.25, 0.3) is 0 Å². The summed E-state index contributed by atoms with van der Waals surface area (Å²) in [6, 6.07) is 3.51. The number of rotatable bonds is 4. The number of amides is 1. The molecule has 1 amide bonds. The molecule has 0 unspecified atom stereocenters. The van der Waals surface area contributed by atoms with Crippen LogP contribution in [-0.4, -0.2) is 16.9 Å². The van der Waals surface area contributed by atoms with E-state index in [9.17, 15) is 14.7 Å². The molecule has 1 heterocycles. The number of aliphatic carboxylic acids is 1. The largest absolute Gasteiger partial charge is 0.545 e. The van der Waals surface area contributed by atoms with Crippen LogP contribution in [0.5, 0.6) is 0 Å². The van der Waals surface area contributed by atoms with E-state index >= 15 is 0 Å². The minimum atomic E-state index is -1.39. The van der Waals surface area contributed by atoms with Crippen LogP contribution in [0.2, 0.25) is 0 Å². The molecule has 1 aromatic rings. The lowest BCUT2D eigenvalue weighted by molar-refractivity contribution is -0.297. The quantitative estimate of drug-likeness (QED) is 0.639. The molecule has 0 aliphatic rings. The Morgan fingerprint density at radius 3 is 2.60 bits per heavy atom. The summed E-state index contributed by atoms with van der Waals surface area (Å²) in [7, 11) is 0. The van der Waals surface area contributed by atoms with Gasteiger partial charge in [0.25, 0.3) is 0 Å². The van der Waals surface area contributed by atoms with E-state index in [0.717, 1.165) is 11.6 Å².